The first kappa shape index (κ1) is 22.5. The highest BCUT2D eigenvalue weighted by Gasteiger charge is 2.33. The summed E-state index contributed by atoms with van der Waals surface area (Å²) in [7, 11) is 1.58. The number of phenols is 1. The van der Waals surface area contributed by atoms with E-state index in [-0.39, 0.29) is 17.1 Å². The number of benzene rings is 2. The maximum Gasteiger partial charge on any atom is 0.274 e. The number of aromatic nitrogens is 4. The van der Waals surface area contributed by atoms with E-state index in [0.717, 1.165) is 5.56 Å². The van der Waals surface area contributed by atoms with E-state index < -0.39 is 5.92 Å². The lowest BCUT2D eigenvalue weighted by Gasteiger charge is -2.24. The van der Waals surface area contributed by atoms with Gasteiger partial charge in [-0.05, 0) is 41.5 Å². The highest BCUT2D eigenvalue weighted by molar-refractivity contribution is 7.07. The topological polar surface area (TPSA) is 140 Å². The summed E-state index contributed by atoms with van der Waals surface area (Å²) >= 11 is 1.20. The fourth-order valence-electron chi connectivity index (χ4n) is 4.67. The van der Waals surface area contributed by atoms with Crippen molar-refractivity contribution in [1.29, 1.82) is 5.26 Å². The van der Waals surface area contributed by atoms with Gasteiger partial charge in [-0.15, -0.1) is 11.3 Å². The molecule has 0 saturated heterocycles. The van der Waals surface area contributed by atoms with Crippen molar-refractivity contribution in [2.75, 3.05) is 12.8 Å². The van der Waals surface area contributed by atoms with Crippen LogP contribution in [0.5, 0.6) is 11.5 Å². The summed E-state index contributed by atoms with van der Waals surface area (Å²) < 4.78 is 7.60. The number of methoxy groups -OCH3 is 1. The van der Waals surface area contributed by atoms with Crippen LogP contribution in [-0.2, 0) is 0 Å². The van der Waals surface area contributed by atoms with E-state index in [0.29, 0.717) is 48.4 Å². The number of nitriles is 1. The highest BCUT2D eigenvalue weighted by atomic mass is 32.1. The second kappa shape index (κ2) is 8.58. The van der Waals surface area contributed by atoms with Gasteiger partial charge in [0.2, 0.25) is 0 Å². The molecule has 6 rings (SSSR count). The third kappa shape index (κ3) is 3.44. The zero-order valence-electron chi connectivity index (χ0n) is 19.4. The predicted molar refractivity (Wildman–Crippen MR) is 140 cm³/mol. The van der Waals surface area contributed by atoms with Crippen LogP contribution in [0.25, 0.3) is 28.4 Å². The summed E-state index contributed by atoms with van der Waals surface area (Å²) in [6, 6.07) is 16.5. The Hall–Kier alpha value is -5.01. The van der Waals surface area contributed by atoms with Gasteiger partial charge in [-0.25, -0.2) is 14.5 Å². The molecule has 0 bridgehead atoms. The van der Waals surface area contributed by atoms with Crippen LogP contribution in [0.4, 0.5) is 5.82 Å². The number of hydrogen-bond donors (Lipinski definition) is 2. The largest absolute Gasteiger partial charge is 0.506 e. The van der Waals surface area contributed by atoms with Gasteiger partial charge in [-0.2, -0.15) is 5.26 Å². The first-order chi connectivity index (χ1) is 18.0. The standard InChI is InChI=1S/C27H18N6O3S/c1-36-16-7-4-14(5-8-16)21-18(12-28)27-33(25-22(21)24(29)31-13-32-25)26(35)20(37-27)11-15-6-9-19(34)23-17(15)3-2-10-30-23/h2-11,13,21,34H,1H3,(H2,29,31,32)/b20-11+. The van der Waals surface area contributed by atoms with Gasteiger partial charge in [0.1, 0.15) is 33.8 Å². The lowest BCUT2D eigenvalue weighted by atomic mass is 9.84. The summed E-state index contributed by atoms with van der Waals surface area (Å²) in [5.74, 6) is 0.718. The molecule has 1 aliphatic rings. The molecule has 2 aromatic carbocycles. The third-order valence-corrected chi connectivity index (χ3v) is 7.48. The van der Waals surface area contributed by atoms with Crippen molar-refractivity contribution in [2.24, 2.45) is 0 Å². The Morgan fingerprint density at radius 2 is 1.97 bits per heavy atom. The van der Waals surface area contributed by atoms with E-state index in [1.807, 2.05) is 30.3 Å². The Bertz CT molecular complexity index is 1940. The summed E-state index contributed by atoms with van der Waals surface area (Å²) in [5, 5.41) is 21.2. The highest BCUT2D eigenvalue weighted by Crippen LogP contribution is 2.39. The van der Waals surface area contributed by atoms with Crippen LogP contribution in [0.2, 0.25) is 0 Å². The van der Waals surface area contributed by atoms with Gasteiger partial charge in [-0.1, -0.05) is 24.3 Å². The number of hydrogen-bond acceptors (Lipinski definition) is 9. The summed E-state index contributed by atoms with van der Waals surface area (Å²) in [5.41, 5.74) is 8.80. The van der Waals surface area contributed by atoms with Crippen LogP contribution in [-0.4, -0.2) is 31.7 Å². The van der Waals surface area contributed by atoms with Crippen molar-refractivity contribution >= 4 is 39.7 Å². The number of rotatable bonds is 3. The molecule has 3 aromatic heterocycles. The van der Waals surface area contributed by atoms with Gasteiger partial charge >= 0.3 is 0 Å². The first-order valence-corrected chi connectivity index (χ1v) is 12.0. The number of ether oxygens (including phenoxy) is 1. The minimum absolute atomic E-state index is 0.0542. The van der Waals surface area contributed by atoms with E-state index in [9.17, 15) is 15.2 Å². The third-order valence-electron chi connectivity index (χ3n) is 6.38. The molecular formula is C27H18N6O3S. The molecule has 1 unspecified atom stereocenters. The van der Waals surface area contributed by atoms with Crippen molar-refractivity contribution in [3.05, 3.63) is 97.3 Å². The number of anilines is 1. The Labute approximate surface area is 213 Å². The SMILES string of the molecule is COc1ccc(C2C(C#N)=c3s/c(=C/c4ccc(O)c5ncccc45)c(=O)n3-c3ncnc(N)c32)cc1. The van der Waals surface area contributed by atoms with Crippen LogP contribution in [0.15, 0.2) is 65.8 Å². The first-order valence-electron chi connectivity index (χ1n) is 11.2. The number of nitrogens with zero attached hydrogens (tertiary/aromatic N) is 5. The molecule has 3 N–H and O–H groups in total. The molecule has 4 heterocycles. The van der Waals surface area contributed by atoms with Gasteiger partial charge in [0.25, 0.3) is 5.56 Å². The minimum Gasteiger partial charge on any atom is -0.506 e. The van der Waals surface area contributed by atoms with Crippen molar-refractivity contribution in [3.8, 4) is 23.4 Å². The zero-order valence-corrected chi connectivity index (χ0v) is 20.2. The number of thiazole rings is 1. The van der Waals surface area contributed by atoms with E-state index >= 15 is 0 Å². The average molecular weight is 507 g/mol. The molecule has 10 heteroatoms. The van der Waals surface area contributed by atoms with Gasteiger partial charge in [0.15, 0.2) is 5.82 Å². The number of pyridine rings is 1. The van der Waals surface area contributed by atoms with Crippen molar-refractivity contribution < 1.29 is 9.84 Å². The van der Waals surface area contributed by atoms with Crippen molar-refractivity contribution in [2.45, 2.75) is 5.92 Å². The molecule has 0 fully saturated rings. The normalized spacial score (nSPS) is 14.8. The molecule has 9 nitrogen and oxygen atoms in total. The van der Waals surface area contributed by atoms with E-state index in [4.69, 9.17) is 10.5 Å². The second-order valence-electron chi connectivity index (χ2n) is 8.36. The fraction of sp³-hybridized carbons (Fsp3) is 0.0741. The monoisotopic (exact) mass is 506 g/mol. The second-order valence-corrected chi connectivity index (χ2v) is 9.39. The molecule has 0 spiro atoms. The summed E-state index contributed by atoms with van der Waals surface area (Å²) in [6.45, 7) is 0. The number of nitrogen functional groups attached to an aromatic ring is 1. The molecule has 180 valence electrons. The Morgan fingerprint density at radius 3 is 2.73 bits per heavy atom. The fourth-order valence-corrected chi connectivity index (χ4v) is 5.77. The summed E-state index contributed by atoms with van der Waals surface area (Å²) in [6.07, 6.45) is 4.65. The van der Waals surface area contributed by atoms with Crippen LogP contribution < -0.4 is 25.2 Å². The molecule has 1 atom stereocenters. The molecule has 0 aliphatic carbocycles. The maximum absolute atomic E-state index is 13.7. The molecule has 0 radical (unpaired) electrons. The molecule has 0 amide bonds. The smallest absolute Gasteiger partial charge is 0.274 e. The van der Waals surface area contributed by atoms with Crippen LogP contribution in [0, 0.1) is 11.3 Å². The summed E-state index contributed by atoms with van der Waals surface area (Å²) in [4.78, 5) is 26.5. The zero-order chi connectivity index (χ0) is 25.7. The number of nitrogens with two attached hydrogens (primary N) is 1. The van der Waals surface area contributed by atoms with Gasteiger partial charge in [0.05, 0.1) is 34.8 Å². The Balaban J connectivity index is 1.68. The van der Waals surface area contributed by atoms with Crippen LogP contribution in [0.1, 0.15) is 22.6 Å². The van der Waals surface area contributed by atoms with Crippen molar-refractivity contribution in [3.63, 3.8) is 0 Å². The van der Waals surface area contributed by atoms with E-state index in [2.05, 4.69) is 21.0 Å². The van der Waals surface area contributed by atoms with E-state index in [1.54, 1.807) is 37.6 Å². The maximum atomic E-state index is 13.7. The molecule has 37 heavy (non-hydrogen) atoms. The molecule has 0 saturated carbocycles. The van der Waals surface area contributed by atoms with Crippen LogP contribution in [0.3, 0.4) is 0 Å². The number of aromatic hydroxyl groups is 1. The van der Waals surface area contributed by atoms with Gasteiger partial charge in [0, 0.05) is 11.6 Å². The average Bonchev–Trinajstić information content (AvgIpc) is 3.25. The van der Waals surface area contributed by atoms with Gasteiger partial charge < -0.3 is 15.6 Å². The molecule has 5 aromatic rings. The lowest BCUT2D eigenvalue weighted by molar-refractivity contribution is 0.414. The number of fused-ring (bicyclic) bond motifs is 4. The van der Waals surface area contributed by atoms with Gasteiger partial charge in [-0.3, -0.25) is 9.78 Å². The quantitative estimate of drug-likeness (QED) is 0.380. The van der Waals surface area contributed by atoms with Crippen LogP contribution >= 0.6 is 11.3 Å². The van der Waals surface area contributed by atoms with E-state index in [1.165, 1.54) is 22.2 Å². The molecular weight excluding hydrogens is 488 g/mol. The van der Waals surface area contributed by atoms with Crippen molar-refractivity contribution in [1.82, 2.24) is 19.5 Å². The number of phenolic OH excluding ortho intramolecular Hbond substituents is 1. The Morgan fingerprint density at radius 1 is 1.16 bits per heavy atom. The Kier molecular flexibility index (Phi) is 5.21. The predicted octanol–water partition coefficient (Wildman–Crippen LogP) is 2.18. The minimum atomic E-state index is -0.559. The molecule has 1 aliphatic heterocycles. The lowest BCUT2D eigenvalue weighted by Crippen LogP contribution is -2.36.